The number of anilines is 1. The highest BCUT2D eigenvalue weighted by Crippen LogP contribution is 2.27. The molecular weight excluding hydrogens is 220 g/mol. The zero-order valence-electron chi connectivity index (χ0n) is 10.4. The van der Waals surface area contributed by atoms with Gasteiger partial charge in [0, 0.05) is 12.5 Å². The zero-order valence-corrected chi connectivity index (χ0v) is 10.4. The highest BCUT2D eigenvalue weighted by atomic mass is 19.1. The maximum atomic E-state index is 13.4. The van der Waals surface area contributed by atoms with E-state index in [1.165, 1.54) is 12.1 Å². The van der Waals surface area contributed by atoms with Crippen molar-refractivity contribution >= 4 is 18.3 Å². The fourth-order valence-corrected chi connectivity index (χ4v) is 1.71. The Morgan fingerprint density at radius 2 is 2.18 bits per heavy atom. The summed E-state index contributed by atoms with van der Waals surface area (Å²) in [5, 5.41) is 0. The SMILES string of the molecule is CC1COB(c2ccc(N)c(F)c2)OC1(C)C. The molecule has 0 aromatic heterocycles. The van der Waals surface area contributed by atoms with E-state index >= 15 is 0 Å². The lowest BCUT2D eigenvalue weighted by molar-refractivity contribution is -0.0367. The minimum absolute atomic E-state index is 0.136. The summed E-state index contributed by atoms with van der Waals surface area (Å²) in [5.41, 5.74) is 5.96. The second-order valence-corrected chi connectivity index (χ2v) is 5.07. The molecule has 0 spiro atoms. The first-order chi connectivity index (χ1) is 7.90. The molecule has 1 aliphatic rings. The maximum Gasteiger partial charge on any atom is 0.494 e. The fraction of sp³-hybridized carbons (Fsp3) is 0.500. The van der Waals surface area contributed by atoms with Gasteiger partial charge in [-0.25, -0.2) is 4.39 Å². The van der Waals surface area contributed by atoms with Crippen molar-refractivity contribution in [2.75, 3.05) is 12.3 Å². The zero-order chi connectivity index (χ0) is 12.6. The molecule has 1 aliphatic heterocycles. The smallest absolute Gasteiger partial charge is 0.407 e. The van der Waals surface area contributed by atoms with Crippen LogP contribution in [0.3, 0.4) is 0 Å². The molecular formula is C12H17BFNO2. The topological polar surface area (TPSA) is 44.5 Å². The Hall–Kier alpha value is -1.07. The van der Waals surface area contributed by atoms with Crippen molar-refractivity contribution in [3.05, 3.63) is 24.0 Å². The van der Waals surface area contributed by atoms with Crippen molar-refractivity contribution in [2.24, 2.45) is 5.92 Å². The second-order valence-electron chi connectivity index (χ2n) is 5.07. The molecule has 1 unspecified atom stereocenters. The molecule has 0 bridgehead atoms. The molecule has 3 nitrogen and oxygen atoms in total. The van der Waals surface area contributed by atoms with Gasteiger partial charge >= 0.3 is 7.12 Å². The number of benzene rings is 1. The van der Waals surface area contributed by atoms with Crippen LogP contribution in [0.2, 0.25) is 0 Å². The van der Waals surface area contributed by atoms with Crippen LogP contribution in [-0.2, 0) is 9.31 Å². The lowest BCUT2D eigenvalue weighted by Gasteiger charge is -2.40. The van der Waals surface area contributed by atoms with Gasteiger partial charge < -0.3 is 15.0 Å². The molecule has 0 saturated carbocycles. The van der Waals surface area contributed by atoms with Crippen LogP contribution in [0.1, 0.15) is 20.8 Å². The van der Waals surface area contributed by atoms with Crippen LogP contribution in [0, 0.1) is 11.7 Å². The van der Waals surface area contributed by atoms with Gasteiger partial charge in [-0.1, -0.05) is 13.0 Å². The highest BCUT2D eigenvalue weighted by Gasteiger charge is 2.39. The average molecular weight is 237 g/mol. The summed E-state index contributed by atoms with van der Waals surface area (Å²) in [6.45, 7) is 6.70. The quantitative estimate of drug-likeness (QED) is 0.595. The van der Waals surface area contributed by atoms with E-state index in [1.807, 2.05) is 13.8 Å². The molecule has 1 fully saturated rings. The van der Waals surface area contributed by atoms with Crippen LogP contribution in [0.25, 0.3) is 0 Å². The molecule has 5 heteroatoms. The molecule has 0 radical (unpaired) electrons. The lowest BCUT2D eigenvalue weighted by atomic mass is 9.74. The summed E-state index contributed by atoms with van der Waals surface area (Å²) < 4.78 is 24.8. The molecule has 0 aliphatic carbocycles. The van der Waals surface area contributed by atoms with Crippen molar-refractivity contribution in [1.82, 2.24) is 0 Å². The molecule has 92 valence electrons. The molecule has 1 saturated heterocycles. The third-order valence-electron chi connectivity index (χ3n) is 3.39. The van der Waals surface area contributed by atoms with E-state index in [4.69, 9.17) is 15.0 Å². The standard InChI is InChI=1S/C12H17BFNO2/c1-8-7-16-13(17-12(8,2)3)9-4-5-11(15)10(14)6-9/h4-6,8H,7,15H2,1-3H3. The van der Waals surface area contributed by atoms with E-state index in [0.717, 1.165) is 0 Å². The summed E-state index contributed by atoms with van der Waals surface area (Å²) in [7, 11) is -0.517. The van der Waals surface area contributed by atoms with Crippen LogP contribution in [0.5, 0.6) is 0 Å². The Bertz CT molecular complexity index is 425. The number of nitrogen functional groups attached to an aromatic ring is 1. The predicted octanol–water partition coefficient (Wildman–Crippen LogP) is 1.56. The number of hydrogen-bond acceptors (Lipinski definition) is 3. The van der Waals surface area contributed by atoms with E-state index in [1.54, 1.807) is 6.07 Å². The van der Waals surface area contributed by atoms with E-state index in [9.17, 15) is 4.39 Å². The van der Waals surface area contributed by atoms with Gasteiger partial charge in [0.15, 0.2) is 0 Å². The van der Waals surface area contributed by atoms with E-state index in [2.05, 4.69) is 6.92 Å². The molecule has 1 atom stereocenters. The van der Waals surface area contributed by atoms with Crippen LogP contribution in [0.15, 0.2) is 18.2 Å². The van der Waals surface area contributed by atoms with Crippen LogP contribution in [0.4, 0.5) is 10.1 Å². The summed E-state index contributed by atoms with van der Waals surface area (Å²) in [5.74, 6) is -0.136. The summed E-state index contributed by atoms with van der Waals surface area (Å²) in [4.78, 5) is 0. The number of hydrogen-bond donors (Lipinski definition) is 1. The molecule has 2 N–H and O–H groups in total. The minimum Gasteiger partial charge on any atom is -0.407 e. The van der Waals surface area contributed by atoms with Crippen molar-refractivity contribution in [3.63, 3.8) is 0 Å². The van der Waals surface area contributed by atoms with Gasteiger partial charge in [-0.05, 0) is 31.4 Å². The van der Waals surface area contributed by atoms with Crippen LogP contribution < -0.4 is 11.2 Å². The normalized spacial score (nSPS) is 23.8. The van der Waals surface area contributed by atoms with Gasteiger partial charge in [0.2, 0.25) is 0 Å². The first-order valence-electron chi connectivity index (χ1n) is 5.74. The van der Waals surface area contributed by atoms with Crippen molar-refractivity contribution in [1.29, 1.82) is 0 Å². The van der Waals surface area contributed by atoms with Crippen LogP contribution in [-0.4, -0.2) is 19.3 Å². The average Bonchev–Trinajstić information content (AvgIpc) is 2.26. The molecule has 17 heavy (non-hydrogen) atoms. The van der Waals surface area contributed by atoms with E-state index in [0.29, 0.717) is 18.0 Å². The summed E-state index contributed by atoms with van der Waals surface area (Å²) in [6, 6.07) is 4.63. The maximum absolute atomic E-state index is 13.4. The Morgan fingerprint density at radius 1 is 1.47 bits per heavy atom. The summed E-state index contributed by atoms with van der Waals surface area (Å²) in [6.07, 6.45) is 0. The van der Waals surface area contributed by atoms with E-state index < -0.39 is 12.9 Å². The van der Waals surface area contributed by atoms with Gasteiger partial charge in [-0.3, -0.25) is 0 Å². The summed E-state index contributed by atoms with van der Waals surface area (Å²) >= 11 is 0. The van der Waals surface area contributed by atoms with Crippen molar-refractivity contribution < 1.29 is 13.7 Å². The Kier molecular flexibility index (Phi) is 3.14. The van der Waals surface area contributed by atoms with Crippen molar-refractivity contribution in [3.8, 4) is 0 Å². The number of nitrogens with two attached hydrogens (primary N) is 1. The lowest BCUT2D eigenvalue weighted by Crippen LogP contribution is -2.53. The number of rotatable bonds is 1. The van der Waals surface area contributed by atoms with E-state index in [-0.39, 0.29) is 11.3 Å². The minimum atomic E-state index is -0.517. The van der Waals surface area contributed by atoms with Gasteiger partial charge in [-0.2, -0.15) is 0 Å². The second kappa shape index (κ2) is 4.31. The Morgan fingerprint density at radius 3 is 2.76 bits per heavy atom. The molecule has 1 aromatic carbocycles. The Labute approximate surface area is 101 Å². The predicted molar refractivity (Wildman–Crippen MR) is 66.5 cm³/mol. The molecule has 2 rings (SSSR count). The highest BCUT2D eigenvalue weighted by molar-refractivity contribution is 6.61. The first-order valence-corrected chi connectivity index (χ1v) is 5.74. The molecule has 1 aromatic rings. The van der Waals surface area contributed by atoms with Gasteiger partial charge in [0.1, 0.15) is 5.82 Å². The largest absolute Gasteiger partial charge is 0.494 e. The first kappa shape index (κ1) is 12.4. The van der Waals surface area contributed by atoms with Crippen molar-refractivity contribution in [2.45, 2.75) is 26.4 Å². The monoisotopic (exact) mass is 237 g/mol. The molecule has 0 amide bonds. The van der Waals surface area contributed by atoms with Gasteiger partial charge in [0.05, 0.1) is 11.3 Å². The fourth-order valence-electron chi connectivity index (χ4n) is 1.71. The van der Waals surface area contributed by atoms with Gasteiger partial charge in [0.25, 0.3) is 0 Å². The third kappa shape index (κ3) is 2.45. The van der Waals surface area contributed by atoms with Gasteiger partial charge in [-0.15, -0.1) is 0 Å². The third-order valence-corrected chi connectivity index (χ3v) is 3.39. The molecule has 1 heterocycles. The van der Waals surface area contributed by atoms with Crippen LogP contribution >= 0.6 is 0 Å². The number of halogens is 1. The Balaban J connectivity index is 2.21.